The average molecular weight is 273 g/mol. The number of ketones is 1. The van der Waals surface area contributed by atoms with Crippen molar-refractivity contribution in [3.05, 3.63) is 29.3 Å². The summed E-state index contributed by atoms with van der Waals surface area (Å²) in [5.41, 5.74) is 2.18. The van der Waals surface area contributed by atoms with Gasteiger partial charge in [0.15, 0.2) is 0 Å². The molecule has 0 saturated carbocycles. The molecule has 1 aromatic rings. The first-order valence-electron chi connectivity index (χ1n) is 4.52. The van der Waals surface area contributed by atoms with Crippen molar-refractivity contribution in [2.75, 3.05) is 0 Å². The molecule has 1 unspecified atom stereocenters. The number of hydrogen-bond acceptors (Lipinski definition) is 2. The van der Waals surface area contributed by atoms with Crippen molar-refractivity contribution in [1.82, 2.24) is 0 Å². The van der Waals surface area contributed by atoms with E-state index in [2.05, 4.69) is 35.5 Å². The summed E-state index contributed by atoms with van der Waals surface area (Å²) in [7, 11) is 0. The van der Waals surface area contributed by atoms with E-state index in [9.17, 15) is 4.79 Å². The Kier molecular flexibility index (Phi) is 4.20. The Labute approximate surface area is 98.4 Å². The van der Waals surface area contributed by atoms with Crippen LogP contribution >= 0.6 is 28.6 Å². The van der Waals surface area contributed by atoms with E-state index in [0.717, 1.165) is 16.9 Å². The van der Waals surface area contributed by atoms with Gasteiger partial charge in [0.2, 0.25) is 0 Å². The molecule has 0 aliphatic heterocycles. The van der Waals surface area contributed by atoms with Crippen LogP contribution in [0, 0.1) is 0 Å². The number of hydrogen-bond donors (Lipinski definition) is 1. The maximum absolute atomic E-state index is 11.2. The average Bonchev–Trinajstić information content (AvgIpc) is 2.16. The second-order valence-corrected chi connectivity index (χ2v) is 4.62. The lowest BCUT2D eigenvalue weighted by Gasteiger charge is -2.10. The Balaban J connectivity index is 3.05. The zero-order valence-electron chi connectivity index (χ0n) is 8.25. The lowest BCUT2D eigenvalue weighted by atomic mass is 10.1. The van der Waals surface area contributed by atoms with Crippen molar-refractivity contribution in [1.29, 1.82) is 0 Å². The van der Waals surface area contributed by atoms with Crippen LogP contribution in [-0.2, 0) is 11.2 Å². The van der Waals surface area contributed by atoms with Crippen molar-refractivity contribution in [2.45, 2.75) is 30.0 Å². The smallest absolute Gasteiger partial charge is 0.147 e. The fraction of sp³-hybridized carbons (Fsp3) is 0.364. The third-order valence-corrected chi connectivity index (χ3v) is 3.66. The van der Waals surface area contributed by atoms with Crippen LogP contribution in [0.5, 0.6) is 0 Å². The third-order valence-electron chi connectivity index (χ3n) is 2.13. The summed E-state index contributed by atoms with van der Waals surface area (Å²) in [6.45, 7) is 3.67. The van der Waals surface area contributed by atoms with E-state index in [1.807, 2.05) is 18.2 Å². The number of thiol groups is 1. The molecule has 0 fully saturated rings. The summed E-state index contributed by atoms with van der Waals surface area (Å²) < 4.78 is 0. The second kappa shape index (κ2) is 4.99. The van der Waals surface area contributed by atoms with Gasteiger partial charge in [-0.3, -0.25) is 4.79 Å². The Morgan fingerprint density at radius 3 is 2.64 bits per heavy atom. The summed E-state index contributed by atoms with van der Waals surface area (Å²) in [6.07, 6.45) is 0.987. The fourth-order valence-corrected chi connectivity index (χ4v) is 2.19. The minimum atomic E-state index is -0.235. The van der Waals surface area contributed by atoms with E-state index in [-0.39, 0.29) is 10.6 Å². The molecule has 0 aliphatic rings. The molecule has 14 heavy (non-hydrogen) atoms. The lowest BCUT2D eigenvalue weighted by Crippen LogP contribution is -2.02. The Bertz CT molecular complexity index is 349. The first-order chi connectivity index (χ1) is 6.56. The molecule has 1 aromatic carbocycles. The maximum atomic E-state index is 11.2. The lowest BCUT2D eigenvalue weighted by molar-refractivity contribution is -0.116. The minimum Gasteiger partial charge on any atom is -0.298 e. The zero-order valence-corrected chi connectivity index (χ0v) is 10.7. The van der Waals surface area contributed by atoms with Gasteiger partial charge in [-0.2, -0.15) is 0 Å². The summed E-state index contributed by atoms with van der Waals surface area (Å²) in [4.78, 5) is 11.8. The maximum Gasteiger partial charge on any atom is 0.147 e. The van der Waals surface area contributed by atoms with Crippen molar-refractivity contribution in [3.63, 3.8) is 0 Å². The van der Waals surface area contributed by atoms with Crippen molar-refractivity contribution >= 4 is 34.3 Å². The van der Waals surface area contributed by atoms with Gasteiger partial charge in [-0.1, -0.05) is 35.0 Å². The number of alkyl halides is 1. The van der Waals surface area contributed by atoms with E-state index in [0.29, 0.717) is 0 Å². The monoisotopic (exact) mass is 272 g/mol. The topological polar surface area (TPSA) is 17.1 Å². The van der Waals surface area contributed by atoms with Crippen LogP contribution in [0.15, 0.2) is 23.1 Å². The van der Waals surface area contributed by atoms with E-state index >= 15 is 0 Å². The van der Waals surface area contributed by atoms with Gasteiger partial charge in [-0.15, -0.1) is 12.6 Å². The molecule has 1 rings (SSSR count). The third kappa shape index (κ3) is 2.61. The van der Waals surface area contributed by atoms with Gasteiger partial charge in [0.1, 0.15) is 5.78 Å². The first-order valence-corrected chi connectivity index (χ1v) is 5.88. The largest absolute Gasteiger partial charge is 0.298 e. The van der Waals surface area contributed by atoms with Crippen molar-refractivity contribution < 1.29 is 4.79 Å². The number of benzene rings is 1. The Hall–Kier alpha value is -0.280. The molecule has 76 valence electrons. The minimum absolute atomic E-state index is 0.101. The quantitative estimate of drug-likeness (QED) is 0.658. The molecule has 0 heterocycles. The molecule has 0 amide bonds. The van der Waals surface area contributed by atoms with Crippen LogP contribution in [-0.4, -0.2) is 5.78 Å². The van der Waals surface area contributed by atoms with Gasteiger partial charge in [-0.25, -0.2) is 0 Å². The van der Waals surface area contributed by atoms with E-state index in [4.69, 9.17) is 0 Å². The summed E-state index contributed by atoms with van der Waals surface area (Å²) in [5.74, 6) is 0.101. The van der Waals surface area contributed by atoms with Crippen LogP contribution in [0.1, 0.15) is 29.8 Å². The van der Waals surface area contributed by atoms with Crippen LogP contribution in [0.3, 0.4) is 0 Å². The molecule has 1 atom stereocenters. The highest BCUT2D eigenvalue weighted by molar-refractivity contribution is 9.09. The SMILES string of the molecule is CCc1ccc(C(Br)C(C)=O)c(S)c1. The van der Waals surface area contributed by atoms with Crippen LogP contribution in [0.2, 0.25) is 0 Å². The van der Waals surface area contributed by atoms with Gasteiger partial charge in [0.05, 0.1) is 4.83 Å². The van der Waals surface area contributed by atoms with E-state index < -0.39 is 0 Å². The molecule has 0 N–H and O–H groups in total. The molecule has 0 spiro atoms. The second-order valence-electron chi connectivity index (χ2n) is 3.22. The molecule has 0 aliphatic carbocycles. The van der Waals surface area contributed by atoms with Crippen molar-refractivity contribution in [2.24, 2.45) is 0 Å². The number of rotatable bonds is 3. The number of carbonyl (C=O) groups excluding carboxylic acids is 1. The van der Waals surface area contributed by atoms with Gasteiger partial charge in [0, 0.05) is 4.90 Å². The predicted molar refractivity (Wildman–Crippen MR) is 65.4 cm³/mol. The van der Waals surface area contributed by atoms with E-state index in [1.54, 1.807) is 6.92 Å². The van der Waals surface area contributed by atoms with Gasteiger partial charge in [-0.05, 0) is 30.5 Å². The predicted octanol–water partition coefficient (Wildman–Crippen LogP) is 3.56. The number of Topliss-reactive ketones (excluding diaryl/α,β-unsaturated/α-hetero) is 1. The zero-order chi connectivity index (χ0) is 10.7. The number of aryl methyl sites for hydroxylation is 1. The standard InChI is InChI=1S/C11H13BrOS/c1-3-8-4-5-9(10(14)6-8)11(12)7(2)13/h4-6,11,14H,3H2,1-2H3. The summed E-state index contributed by atoms with van der Waals surface area (Å²) in [6, 6.07) is 6.00. The molecule has 0 saturated heterocycles. The highest BCUT2D eigenvalue weighted by atomic mass is 79.9. The van der Waals surface area contributed by atoms with Crippen LogP contribution < -0.4 is 0 Å². The Morgan fingerprint density at radius 1 is 1.57 bits per heavy atom. The fourth-order valence-electron chi connectivity index (χ4n) is 1.24. The first kappa shape index (κ1) is 11.8. The number of carbonyl (C=O) groups is 1. The van der Waals surface area contributed by atoms with Crippen LogP contribution in [0.4, 0.5) is 0 Å². The van der Waals surface area contributed by atoms with Crippen LogP contribution in [0.25, 0.3) is 0 Å². The summed E-state index contributed by atoms with van der Waals surface area (Å²) in [5, 5.41) is 0. The normalized spacial score (nSPS) is 12.6. The molecular weight excluding hydrogens is 260 g/mol. The number of halogens is 1. The van der Waals surface area contributed by atoms with E-state index in [1.165, 1.54) is 5.56 Å². The molecule has 3 heteroatoms. The molecule has 0 aromatic heterocycles. The molecule has 1 nitrogen and oxygen atoms in total. The van der Waals surface area contributed by atoms with Gasteiger partial charge in [0.25, 0.3) is 0 Å². The molecular formula is C11H13BrOS. The van der Waals surface area contributed by atoms with Crippen molar-refractivity contribution in [3.8, 4) is 0 Å². The van der Waals surface area contributed by atoms with Gasteiger partial charge < -0.3 is 0 Å². The Morgan fingerprint density at radius 2 is 2.21 bits per heavy atom. The highest BCUT2D eigenvalue weighted by Crippen LogP contribution is 2.29. The molecule has 0 bridgehead atoms. The molecule has 0 radical (unpaired) electrons. The summed E-state index contributed by atoms with van der Waals surface area (Å²) >= 11 is 7.72. The highest BCUT2D eigenvalue weighted by Gasteiger charge is 2.14. The van der Waals surface area contributed by atoms with Gasteiger partial charge >= 0.3 is 0 Å².